The number of nitrogens with zero attached hydrogens (tertiary/aromatic N) is 1. The predicted octanol–water partition coefficient (Wildman–Crippen LogP) is 0.774. The van der Waals surface area contributed by atoms with E-state index in [4.69, 9.17) is 11.5 Å². The van der Waals surface area contributed by atoms with Gasteiger partial charge in [0, 0.05) is 18.6 Å². The molecule has 1 rings (SSSR count). The van der Waals surface area contributed by atoms with Crippen molar-refractivity contribution < 1.29 is 14.7 Å². The third-order valence-corrected chi connectivity index (χ3v) is 3.50. The SMILES string of the molecule is C#CCCC(=O)N1C(C)SCC1C(=O)O. The second kappa shape index (κ2) is 5.08. The van der Waals surface area contributed by atoms with E-state index in [-0.39, 0.29) is 17.7 Å². The van der Waals surface area contributed by atoms with Gasteiger partial charge in [0.05, 0.1) is 5.37 Å². The normalized spacial score (nSPS) is 24.9. The molecule has 1 aliphatic heterocycles. The van der Waals surface area contributed by atoms with E-state index in [0.717, 1.165) is 0 Å². The van der Waals surface area contributed by atoms with Crippen molar-refractivity contribution in [3.63, 3.8) is 0 Å². The molecular weight excluding hydrogens is 214 g/mol. The number of amides is 1. The van der Waals surface area contributed by atoms with Crippen LogP contribution in [-0.4, -0.2) is 39.1 Å². The number of carbonyl (C=O) groups is 2. The lowest BCUT2D eigenvalue weighted by Gasteiger charge is -2.24. The van der Waals surface area contributed by atoms with E-state index in [1.807, 2.05) is 6.92 Å². The Balaban J connectivity index is 2.68. The Bertz CT molecular complexity index is 310. The fourth-order valence-electron chi connectivity index (χ4n) is 1.52. The number of carboxylic acids is 1. The van der Waals surface area contributed by atoms with Gasteiger partial charge in [-0.05, 0) is 6.92 Å². The van der Waals surface area contributed by atoms with Crippen LogP contribution in [0.25, 0.3) is 0 Å². The van der Waals surface area contributed by atoms with Crippen LogP contribution in [-0.2, 0) is 9.59 Å². The Morgan fingerprint density at radius 1 is 1.67 bits per heavy atom. The van der Waals surface area contributed by atoms with Crippen molar-refractivity contribution >= 4 is 23.6 Å². The molecule has 4 nitrogen and oxygen atoms in total. The van der Waals surface area contributed by atoms with Gasteiger partial charge in [0.1, 0.15) is 6.04 Å². The molecule has 82 valence electrons. The van der Waals surface area contributed by atoms with Gasteiger partial charge in [-0.25, -0.2) is 4.79 Å². The largest absolute Gasteiger partial charge is 0.480 e. The predicted molar refractivity (Wildman–Crippen MR) is 58.3 cm³/mol. The molecule has 2 unspecified atom stereocenters. The molecule has 0 saturated carbocycles. The molecule has 0 aromatic carbocycles. The summed E-state index contributed by atoms with van der Waals surface area (Å²) in [6, 6.07) is -0.699. The first kappa shape index (κ1) is 11.9. The molecule has 0 spiro atoms. The first-order chi connectivity index (χ1) is 7.07. The average molecular weight is 227 g/mol. The molecule has 1 fully saturated rings. The van der Waals surface area contributed by atoms with E-state index >= 15 is 0 Å². The fourth-order valence-corrected chi connectivity index (χ4v) is 2.71. The maximum atomic E-state index is 11.7. The van der Waals surface area contributed by atoms with Crippen molar-refractivity contribution in [1.29, 1.82) is 0 Å². The van der Waals surface area contributed by atoms with Crippen molar-refractivity contribution in [2.45, 2.75) is 31.2 Å². The van der Waals surface area contributed by atoms with Gasteiger partial charge in [-0.1, -0.05) is 0 Å². The van der Waals surface area contributed by atoms with Crippen LogP contribution in [0.4, 0.5) is 0 Å². The maximum Gasteiger partial charge on any atom is 0.327 e. The van der Waals surface area contributed by atoms with Crippen LogP contribution in [0.1, 0.15) is 19.8 Å². The van der Waals surface area contributed by atoms with Gasteiger partial charge in [0.25, 0.3) is 0 Å². The summed E-state index contributed by atoms with van der Waals surface area (Å²) in [6.45, 7) is 1.83. The van der Waals surface area contributed by atoms with Crippen molar-refractivity contribution in [3.05, 3.63) is 0 Å². The minimum absolute atomic E-state index is 0.0728. The van der Waals surface area contributed by atoms with Gasteiger partial charge >= 0.3 is 5.97 Å². The Kier molecular flexibility index (Phi) is 4.04. The summed E-state index contributed by atoms with van der Waals surface area (Å²) >= 11 is 1.48. The highest BCUT2D eigenvalue weighted by molar-refractivity contribution is 8.00. The number of hydrogen-bond donors (Lipinski definition) is 1. The smallest absolute Gasteiger partial charge is 0.327 e. The molecule has 1 saturated heterocycles. The standard InChI is InChI=1S/C10H13NO3S/c1-3-4-5-9(12)11-7(2)15-6-8(11)10(13)14/h1,7-8H,4-6H2,2H3,(H,13,14). The third-order valence-electron chi connectivity index (χ3n) is 2.28. The van der Waals surface area contributed by atoms with Gasteiger partial charge in [0.15, 0.2) is 0 Å². The maximum absolute atomic E-state index is 11.7. The van der Waals surface area contributed by atoms with E-state index < -0.39 is 12.0 Å². The molecule has 1 amide bonds. The summed E-state index contributed by atoms with van der Waals surface area (Å²) < 4.78 is 0. The molecule has 0 bridgehead atoms. The van der Waals surface area contributed by atoms with Crippen molar-refractivity contribution in [1.82, 2.24) is 4.90 Å². The van der Waals surface area contributed by atoms with Gasteiger partial charge in [-0.2, -0.15) is 0 Å². The summed E-state index contributed by atoms with van der Waals surface area (Å²) in [5.41, 5.74) is 0. The van der Waals surface area contributed by atoms with Crippen LogP contribution >= 0.6 is 11.8 Å². The molecule has 5 heteroatoms. The summed E-state index contributed by atoms with van der Waals surface area (Å²) in [6.07, 6.45) is 5.65. The molecule has 2 atom stereocenters. The van der Waals surface area contributed by atoms with Crippen molar-refractivity contribution in [2.24, 2.45) is 0 Å². The van der Waals surface area contributed by atoms with Crippen LogP contribution in [0, 0.1) is 12.3 Å². The zero-order chi connectivity index (χ0) is 11.4. The number of terminal acetylenes is 1. The molecule has 0 aliphatic carbocycles. The second-order valence-corrected chi connectivity index (χ2v) is 4.64. The Morgan fingerprint density at radius 3 is 2.87 bits per heavy atom. The third kappa shape index (κ3) is 2.66. The van der Waals surface area contributed by atoms with Crippen molar-refractivity contribution in [3.8, 4) is 12.3 Å². The first-order valence-electron chi connectivity index (χ1n) is 4.67. The van der Waals surface area contributed by atoms with Crippen LogP contribution in [0.15, 0.2) is 0 Å². The molecule has 1 aliphatic rings. The minimum Gasteiger partial charge on any atom is -0.480 e. The zero-order valence-corrected chi connectivity index (χ0v) is 9.29. The molecule has 0 aromatic heterocycles. The van der Waals surface area contributed by atoms with E-state index in [1.165, 1.54) is 16.7 Å². The summed E-state index contributed by atoms with van der Waals surface area (Å²) in [5.74, 6) is 1.72. The first-order valence-corrected chi connectivity index (χ1v) is 5.72. The number of carbonyl (C=O) groups excluding carboxylic acids is 1. The molecule has 1 heterocycles. The summed E-state index contributed by atoms with van der Waals surface area (Å²) in [7, 11) is 0. The number of thioether (sulfide) groups is 1. The average Bonchev–Trinajstić information content (AvgIpc) is 2.56. The van der Waals surface area contributed by atoms with E-state index in [9.17, 15) is 9.59 Å². The molecule has 1 N–H and O–H groups in total. The highest BCUT2D eigenvalue weighted by Crippen LogP contribution is 2.29. The van der Waals surface area contributed by atoms with E-state index in [0.29, 0.717) is 12.2 Å². The summed E-state index contributed by atoms with van der Waals surface area (Å²) in [5, 5.41) is 8.86. The monoisotopic (exact) mass is 227 g/mol. The Hall–Kier alpha value is -1.15. The Morgan fingerprint density at radius 2 is 2.33 bits per heavy atom. The molecule has 0 aromatic rings. The van der Waals surface area contributed by atoms with E-state index in [1.54, 1.807) is 0 Å². The Labute approximate surface area is 93.0 Å². The van der Waals surface area contributed by atoms with Gasteiger partial charge in [-0.3, -0.25) is 4.79 Å². The second-order valence-electron chi connectivity index (χ2n) is 3.29. The number of rotatable bonds is 3. The number of hydrogen-bond acceptors (Lipinski definition) is 3. The lowest BCUT2D eigenvalue weighted by molar-refractivity contribution is -0.148. The van der Waals surface area contributed by atoms with Crippen LogP contribution in [0.5, 0.6) is 0 Å². The summed E-state index contributed by atoms with van der Waals surface area (Å²) in [4.78, 5) is 24.0. The zero-order valence-electron chi connectivity index (χ0n) is 8.47. The number of aliphatic carboxylic acids is 1. The van der Waals surface area contributed by atoms with Gasteiger partial charge in [-0.15, -0.1) is 24.1 Å². The van der Waals surface area contributed by atoms with Crippen LogP contribution in [0.3, 0.4) is 0 Å². The highest BCUT2D eigenvalue weighted by Gasteiger charge is 2.38. The van der Waals surface area contributed by atoms with E-state index in [2.05, 4.69) is 5.92 Å². The molecular formula is C10H13NO3S. The van der Waals surface area contributed by atoms with Gasteiger partial charge < -0.3 is 10.0 Å². The van der Waals surface area contributed by atoms with Crippen LogP contribution < -0.4 is 0 Å². The lowest BCUT2D eigenvalue weighted by Crippen LogP contribution is -2.44. The fraction of sp³-hybridized carbons (Fsp3) is 0.600. The lowest BCUT2D eigenvalue weighted by atomic mass is 10.2. The minimum atomic E-state index is -0.944. The molecule has 0 radical (unpaired) electrons. The van der Waals surface area contributed by atoms with Crippen LogP contribution in [0.2, 0.25) is 0 Å². The number of carboxylic acid groups (broad SMARTS) is 1. The quantitative estimate of drug-likeness (QED) is 0.724. The van der Waals surface area contributed by atoms with Crippen molar-refractivity contribution in [2.75, 3.05) is 5.75 Å². The molecule has 15 heavy (non-hydrogen) atoms. The highest BCUT2D eigenvalue weighted by atomic mass is 32.2. The topological polar surface area (TPSA) is 57.6 Å². The van der Waals surface area contributed by atoms with Gasteiger partial charge in [0.2, 0.25) is 5.91 Å².